The number of rotatable bonds is 2. The zero-order valence-corrected chi connectivity index (χ0v) is 13.5. The number of hydrogen-bond donors (Lipinski definition) is 1. The van der Waals surface area contributed by atoms with E-state index in [4.69, 9.17) is 11.6 Å². The van der Waals surface area contributed by atoms with Crippen molar-refractivity contribution in [2.75, 3.05) is 18.4 Å². The third-order valence-electron chi connectivity index (χ3n) is 3.95. The van der Waals surface area contributed by atoms with E-state index in [9.17, 15) is 14.0 Å². The summed E-state index contributed by atoms with van der Waals surface area (Å²) < 4.78 is 15.2. The summed E-state index contributed by atoms with van der Waals surface area (Å²) >= 11 is 5.60. The molecule has 1 fully saturated rings. The minimum atomic E-state index is -0.794. The third kappa shape index (κ3) is 3.56. The molecule has 3 rings (SSSR count). The molecule has 1 N–H and O–H groups in total. The van der Waals surface area contributed by atoms with Gasteiger partial charge in [-0.25, -0.2) is 4.39 Å². The molecule has 2 amide bonds. The van der Waals surface area contributed by atoms with Gasteiger partial charge in [0.25, 0.3) is 0 Å². The molecule has 2 heterocycles. The predicted molar refractivity (Wildman–Crippen MR) is 87.1 cm³/mol. The van der Waals surface area contributed by atoms with Crippen molar-refractivity contribution in [1.82, 2.24) is 14.7 Å². The average Bonchev–Trinajstić information content (AvgIpc) is 3.12. The number of nitrogens with one attached hydrogen (secondary N) is 1. The molecule has 6 nitrogen and oxygen atoms in total. The molecular formula is C16H16ClFN4O2. The van der Waals surface area contributed by atoms with Gasteiger partial charge in [0.1, 0.15) is 5.82 Å². The van der Waals surface area contributed by atoms with Gasteiger partial charge < -0.3 is 10.2 Å². The van der Waals surface area contributed by atoms with Crippen molar-refractivity contribution in [3.05, 3.63) is 47.5 Å². The lowest BCUT2D eigenvalue weighted by Gasteiger charge is -2.32. The molecule has 1 unspecified atom stereocenters. The highest BCUT2D eigenvalue weighted by Gasteiger charge is 2.28. The summed E-state index contributed by atoms with van der Waals surface area (Å²) in [5.41, 5.74) is 0.191. The predicted octanol–water partition coefficient (Wildman–Crippen LogP) is 2.48. The molecule has 126 valence electrons. The van der Waals surface area contributed by atoms with Crippen LogP contribution in [0.5, 0.6) is 0 Å². The highest BCUT2D eigenvalue weighted by molar-refractivity contribution is 6.39. The summed E-state index contributed by atoms with van der Waals surface area (Å²) in [4.78, 5) is 26.0. The van der Waals surface area contributed by atoms with Gasteiger partial charge in [-0.1, -0.05) is 11.6 Å². The first-order valence-corrected chi connectivity index (χ1v) is 7.97. The maximum Gasteiger partial charge on any atom is 0.313 e. The van der Waals surface area contributed by atoms with Crippen molar-refractivity contribution in [1.29, 1.82) is 0 Å². The van der Waals surface area contributed by atoms with Crippen LogP contribution in [-0.4, -0.2) is 39.6 Å². The number of anilines is 1. The largest absolute Gasteiger partial charge is 0.332 e. The summed E-state index contributed by atoms with van der Waals surface area (Å²) in [7, 11) is 0. The number of aromatic nitrogens is 2. The second kappa shape index (κ2) is 7.00. The van der Waals surface area contributed by atoms with E-state index in [-0.39, 0.29) is 16.8 Å². The monoisotopic (exact) mass is 350 g/mol. The van der Waals surface area contributed by atoms with Crippen molar-refractivity contribution < 1.29 is 14.0 Å². The van der Waals surface area contributed by atoms with Gasteiger partial charge in [0.05, 0.1) is 11.1 Å². The smallest absolute Gasteiger partial charge is 0.313 e. The fraction of sp³-hybridized carbons (Fsp3) is 0.312. The molecule has 1 aromatic heterocycles. The fourth-order valence-corrected chi connectivity index (χ4v) is 2.87. The van der Waals surface area contributed by atoms with Crippen LogP contribution in [0, 0.1) is 5.82 Å². The topological polar surface area (TPSA) is 67.2 Å². The molecule has 1 saturated heterocycles. The molecule has 0 spiro atoms. The zero-order valence-electron chi connectivity index (χ0n) is 12.8. The van der Waals surface area contributed by atoms with E-state index in [1.807, 2.05) is 12.3 Å². The van der Waals surface area contributed by atoms with E-state index < -0.39 is 17.6 Å². The number of carbonyl (C=O) groups is 2. The number of amides is 2. The Hall–Kier alpha value is -2.41. The van der Waals surface area contributed by atoms with Crippen LogP contribution in [0.15, 0.2) is 36.7 Å². The molecule has 1 aliphatic rings. The summed E-state index contributed by atoms with van der Waals surface area (Å²) in [5.74, 6) is -2.08. The molecule has 1 aliphatic heterocycles. The van der Waals surface area contributed by atoms with Gasteiger partial charge in [0.15, 0.2) is 0 Å². The summed E-state index contributed by atoms with van der Waals surface area (Å²) in [5, 5.41) is 6.55. The number of nitrogens with zero attached hydrogens (tertiary/aromatic N) is 3. The lowest BCUT2D eigenvalue weighted by molar-refractivity contribution is -0.144. The Bertz CT molecular complexity index is 751. The Kier molecular flexibility index (Phi) is 4.80. The minimum Gasteiger partial charge on any atom is -0.332 e. The molecule has 24 heavy (non-hydrogen) atoms. The number of hydrogen-bond acceptors (Lipinski definition) is 3. The minimum absolute atomic E-state index is 0.0441. The summed E-state index contributed by atoms with van der Waals surface area (Å²) in [6.07, 6.45) is 5.21. The van der Waals surface area contributed by atoms with Crippen molar-refractivity contribution in [3.8, 4) is 0 Å². The van der Waals surface area contributed by atoms with Gasteiger partial charge in [-0.15, -0.1) is 0 Å². The van der Waals surface area contributed by atoms with Crippen LogP contribution >= 0.6 is 11.6 Å². The Morgan fingerprint density at radius 2 is 2.21 bits per heavy atom. The molecule has 0 bridgehead atoms. The zero-order chi connectivity index (χ0) is 17.1. The van der Waals surface area contributed by atoms with Crippen molar-refractivity contribution >= 4 is 29.1 Å². The number of carbonyl (C=O) groups excluding carboxylic acids is 2. The Balaban J connectivity index is 1.64. The Morgan fingerprint density at radius 1 is 1.38 bits per heavy atom. The Morgan fingerprint density at radius 3 is 2.92 bits per heavy atom. The van der Waals surface area contributed by atoms with Crippen LogP contribution < -0.4 is 5.32 Å². The van der Waals surface area contributed by atoms with Crippen LogP contribution in [0.2, 0.25) is 5.02 Å². The molecule has 8 heteroatoms. The molecule has 1 aromatic carbocycles. The molecule has 0 saturated carbocycles. The van der Waals surface area contributed by atoms with Gasteiger partial charge in [-0.05, 0) is 37.1 Å². The van der Waals surface area contributed by atoms with Gasteiger partial charge in [-0.3, -0.25) is 14.3 Å². The summed E-state index contributed by atoms with van der Waals surface area (Å²) in [6.45, 7) is 0.932. The molecule has 2 aromatic rings. The van der Waals surface area contributed by atoms with Crippen molar-refractivity contribution in [2.24, 2.45) is 0 Å². The fourth-order valence-electron chi connectivity index (χ4n) is 2.75. The van der Waals surface area contributed by atoms with E-state index >= 15 is 0 Å². The normalized spacial score (nSPS) is 17.6. The first kappa shape index (κ1) is 16.4. The molecule has 1 atom stereocenters. The third-order valence-corrected chi connectivity index (χ3v) is 4.26. The van der Waals surface area contributed by atoms with Crippen LogP contribution in [0.1, 0.15) is 18.9 Å². The lowest BCUT2D eigenvalue weighted by Crippen LogP contribution is -2.45. The van der Waals surface area contributed by atoms with Gasteiger partial charge in [0, 0.05) is 31.2 Å². The van der Waals surface area contributed by atoms with E-state index in [0.29, 0.717) is 13.1 Å². The van der Waals surface area contributed by atoms with E-state index in [1.165, 1.54) is 17.0 Å². The lowest BCUT2D eigenvalue weighted by atomic mass is 10.1. The number of likely N-dealkylation sites (tertiary alicyclic amines) is 1. The van der Waals surface area contributed by atoms with E-state index in [2.05, 4.69) is 10.4 Å². The van der Waals surface area contributed by atoms with Gasteiger partial charge in [0.2, 0.25) is 0 Å². The quantitative estimate of drug-likeness (QED) is 0.846. The highest BCUT2D eigenvalue weighted by atomic mass is 35.5. The molecule has 0 radical (unpaired) electrons. The van der Waals surface area contributed by atoms with Crippen LogP contribution in [0.3, 0.4) is 0 Å². The van der Waals surface area contributed by atoms with Crippen LogP contribution in [0.4, 0.5) is 10.1 Å². The number of benzene rings is 1. The number of halogens is 2. The van der Waals surface area contributed by atoms with Crippen molar-refractivity contribution in [3.63, 3.8) is 0 Å². The average molecular weight is 351 g/mol. The van der Waals surface area contributed by atoms with Gasteiger partial charge in [-0.2, -0.15) is 5.10 Å². The van der Waals surface area contributed by atoms with E-state index in [1.54, 1.807) is 10.9 Å². The second-order valence-electron chi connectivity index (χ2n) is 5.62. The van der Waals surface area contributed by atoms with Crippen LogP contribution in [0.25, 0.3) is 0 Å². The first-order chi connectivity index (χ1) is 11.5. The molecule has 0 aliphatic carbocycles. The number of piperidine rings is 1. The van der Waals surface area contributed by atoms with Crippen LogP contribution in [-0.2, 0) is 9.59 Å². The molecular weight excluding hydrogens is 335 g/mol. The van der Waals surface area contributed by atoms with Crippen molar-refractivity contribution in [2.45, 2.75) is 18.9 Å². The maximum absolute atomic E-state index is 13.4. The standard InChI is InChI=1S/C16H16ClFN4O2/c17-13-5-4-11(9-14(13)18)20-15(23)16(24)21-7-1-3-12(10-21)22-8-2-6-19-22/h2,4-6,8-9,12H,1,3,7,10H2,(H,20,23). The SMILES string of the molecule is O=C(Nc1ccc(Cl)c(F)c1)C(=O)N1CCCC(n2cccn2)C1. The van der Waals surface area contributed by atoms with Gasteiger partial charge >= 0.3 is 11.8 Å². The second-order valence-corrected chi connectivity index (χ2v) is 6.02. The first-order valence-electron chi connectivity index (χ1n) is 7.59. The highest BCUT2D eigenvalue weighted by Crippen LogP contribution is 2.22. The maximum atomic E-state index is 13.4. The van der Waals surface area contributed by atoms with E-state index in [0.717, 1.165) is 18.9 Å². The summed E-state index contributed by atoms with van der Waals surface area (Å²) in [6, 6.07) is 5.72. The Labute approximate surface area is 143 Å².